The summed E-state index contributed by atoms with van der Waals surface area (Å²) in [5.41, 5.74) is 9.53. The van der Waals surface area contributed by atoms with E-state index in [0.29, 0.717) is 11.4 Å². The molecule has 0 unspecified atom stereocenters. The first-order valence-electron chi connectivity index (χ1n) is 7.66. The Bertz CT molecular complexity index is 688. The van der Waals surface area contributed by atoms with Crippen LogP contribution in [-0.2, 0) is 4.74 Å². The zero-order chi connectivity index (χ0) is 16.7. The molecule has 0 saturated carbocycles. The minimum absolute atomic E-state index is 0.0450. The Balaban J connectivity index is 2.48. The normalized spacial score (nSPS) is 12.5. The number of rotatable bonds is 7. The van der Waals surface area contributed by atoms with Crippen LogP contribution in [-0.4, -0.2) is 27.9 Å². The molecule has 0 atom stereocenters. The van der Waals surface area contributed by atoms with Gasteiger partial charge < -0.3 is 20.1 Å². The smallest absolute Gasteiger partial charge is 0.129 e. The third-order valence-corrected chi connectivity index (χ3v) is 3.37. The Morgan fingerprint density at radius 1 is 1.43 bits per heavy atom. The summed E-state index contributed by atoms with van der Waals surface area (Å²) >= 11 is 0. The van der Waals surface area contributed by atoms with Gasteiger partial charge in [-0.1, -0.05) is 19.1 Å². The Kier molecular flexibility index (Phi) is 6.00. The second-order valence-electron chi connectivity index (χ2n) is 5.16. The lowest BCUT2D eigenvalue weighted by Crippen LogP contribution is -2.03. The highest BCUT2D eigenvalue weighted by Gasteiger charge is 2.09. The van der Waals surface area contributed by atoms with E-state index in [2.05, 4.69) is 18.0 Å². The van der Waals surface area contributed by atoms with Crippen LogP contribution in [0.3, 0.4) is 0 Å². The summed E-state index contributed by atoms with van der Waals surface area (Å²) in [6, 6.07) is 5.71. The number of hydrogen-bond donors (Lipinski definition) is 2. The molecule has 3 N–H and O–H groups in total. The average Bonchev–Trinajstić information content (AvgIpc) is 3.07. The second-order valence-corrected chi connectivity index (χ2v) is 5.16. The van der Waals surface area contributed by atoms with Crippen molar-refractivity contribution < 1.29 is 9.84 Å². The minimum Gasteiger partial charge on any atom is -0.490 e. The fourth-order valence-electron chi connectivity index (χ4n) is 2.25. The van der Waals surface area contributed by atoms with E-state index in [1.165, 1.54) is 0 Å². The fourth-order valence-corrected chi connectivity index (χ4v) is 2.25. The van der Waals surface area contributed by atoms with E-state index < -0.39 is 0 Å². The van der Waals surface area contributed by atoms with Gasteiger partial charge in [-0.3, -0.25) is 0 Å². The molecule has 0 fully saturated rings. The number of allylic oxidation sites excluding steroid dienone is 3. The highest BCUT2D eigenvalue weighted by Crippen LogP contribution is 2.25. The summed E-state index contributed by atoms with van der Waals surface area (Å²) in [5.74, 6) is 0.678. The summed E-state index contributed by atoms with van der Waals surface area (Å²) in [6.45, 7) is 4.26. The Labute approximate surface area is 136 Å². The van der Waals surface area contributed by atoms with E-state index in [1.807, 2.05) is 42.0 Å². The zero-order valence-electron chi connectivity index (χ0n) is 13.6. The number of nitrogens with zero attached hydrogens (tertiary/aromatic N) is 2. The molecule has 0 aliphatic carbocycles. The van der Waals surface area contributed by atoms with Gasteiger partial charge in [0.05, 0.1) is 12.9 Å². The standard InChI is InChI=1S/C18H23N3O2/c1-3-4-16(21-8-7-20-13-21)12-18(23-10-9-22)17-11-15(19)6-5-14(17)2/h4-8,11-13,22H,3,9-10,19H2,1-2H3/b16-4-,18-12+. The molecule has 5 heteroatoms. The molecule has 2 rings (SSSR count). The highest BCUT2D eigenvalue weighted by atomic mass is 16.5. The maximum Gasteiger partial charge on any atom is 0.129 e. The van der Waals surface area contributed by atoms with Crippen LogP contribution >= 0.6 is 0 Å². The van der Waals surface area contributed by atoms with E-state index in [4.69, 9.17) is 15.6 Å². The number of benzene rings is 1. The number of aromatic nitrogens is 2. The minimum atomic E-state index is -0.0450. The van der Waals surface area contributed by atoms with Crippen molar-refractivity contribution in [2.24, 2.45) is 0 Å². The van der Waals surface area contributed by atoms with Crippen LogP contribution < -0.4 is 5.73 Å². The predicted molar refractivity (Wildman–Crippen MR) is 93.4 cm³/mol. The number of aliphatic hydroxyl groups is 1. The number of nitrogens with two attached hydrogens (primary N) is 1. The van der Waals surface area contributed by atoms with Crippen molar-refractivity contribution in [2.45, 2.75) is 20.3 Å². The molecule has 1 aromatic carbocycles. The van der Waals surface area contributed by atoms with E-state index in [1.54, 1.807) is 12.5 Å². The van der Waals surface area contributed by atoms with Gasteiger partial charge >= 0.3 is 0 Å². The molecule has 0 spiro atoms. The van der Waals surface area contributed by atoms with Gasteiger partial charge in [0.15, 0.2) is 0 Å². The van der Waals surface area contributed by atoms with Crippen molar-refractivity contribution in [2.75, 3.05) is 18.9 Å². The van der Waals surface area contributed by atoms with E-state index in [9.17, 15) is 0 Å². The molecule has 0 aliphatic rings. The number of hydrogen-bond acceptors (Lipinski definition) is 4. The number of aryl methyl sites for hydroxylation is 1. The molecular formula is C18H23N3O2. The van der Waals surface area contributed by atoms with Crippen LogP contribution in [0.25, 0.3) is 11.5 Å². The summed E-state index contributed by atoms with van der Waals surface area (Å²) in [5, 5.41) is 9.10. The SMILES string of the molecule is CC/C=C(/C=C(/OCCO)c1cc(N)ccc1C)n1ccnc1. The Morgan fingerprint density at radius 3 is 2.91 bits per heavy atom. The summed E-state index contributed by atoms with van der Waals surface area (Å²) in [6.07, 6.45) is 10.3. The van der Waals surface area contributed by atoms with Gasteiger partial charge in [-0.25, -0.2) is 4.98 Å². The van der Waals surface area contributed by atoms with Crippen LogP contribution in [0.4, 0.5) is 5.69 Å². The molecule has 0 saturated heterocycles. The van der Waals surface area contributed by atoms with Crippen molar-refractivity contribution in [3.8, 4) is 0 Å². The largest absolute Gasteiger partial charge is 0.490 e. The first-order valence-corrected chi connectivity index (χ1v) is 7.66. The number of aliphatic hydroxyl groups excluding tert-OH is 1. The van der Waals surface area contributed by atoms with Crippen molar-refractivity contribution in [1.29, 1.82) is 0 Å². The lowest BCUT2D eigenvalue weighted by atomic mass is 10.0. The molecular weight excluding hydrogens is 290 g/mol. The van der Waals surface area contributed by atoms with Crippen molar-refractivity contribution >= 4 is 17.1 Å². The van der Waals surface area contributed by atoms with E-state index in [0.717, 1.165) is 23.2 Å². The third kappa shape index (κ3) is 4.47. The van der Waals surface area contributed by atoms with Crippen LogP contribution in [0.1, 0.15) is 24.5 Å². The van der Waals surface area contributed by atoms with Crippen LogP contribution in [0.2, 0.25) is 0 Å². The van der Waals surface area contributed by atoms with Gasteiger partial charge in [-0.05, 0) is 31.0 Å². The number of ether oxygens (including phenoxy) is 1. The molecule has 0 radical (unpaired) electrons. The maximum absolute atomic E-state index is 9.10. The Hall–Kier alpha value is -2.53. The topological polar surface area (TPSA) is 73.3 Å². The van der Waals surface area contributed by atoms with Gasteiger partial charge in [-0.15, -0.1) is 0 Å². The molecule has 122 valence electrons. The van der Waals surface area contributed by atoms with Gasteiger partial charge in [0, 0.05) is 35.4 Å². The summed E-state index contributed by atoms with van der Waals surface area (Å²) in [4.78, 5) is 4.09. The van der Waals surface area contributed by atoms with E-state index >= 15 is 0 Å². The average molecular weight is 313 g/mol. The van der Waals surface area contributed by atoms with Crippen LogP contribution in [0.5, 0.6) is 0 Å². The quantitative estimate of drug-likeness (QED) is 0.468. The number of nitrogen functional groups attached to an aromatic ring is 1. The van der Waals surface area contributed by atoms with Crippen molar-refractivity contribution in [3.63, 3.8) is 0 Å². The van der Waals surface area contributed by atoms with Crippen molar-refractivity contribution in [3.05, 3.63) is 60.2 Å². The van der Waals surface area contributed by atoms with Gasteiger partial charge in [0.1, 0.15) is 12.4 Å². The summed E-state index contributed by atoms with van der Waals surface area (Å²) in [7, 11) is 0. The fraction of sp³-hybridized carbons (Fsp3) is 0.278. The molecule has 2 aromatic rings. The van der Waals surface area contributed by atoms with Gasteiger partial charge in [0.25, 0.3) is 0 Å². The van der Waals surface area contributed by atoms with Crippen LogP contribution in [0, 0.1) is 6.92 Å². The molecule has 1 heterocycles. The highest BCUT2D eigenvalue weighted by molar-refractivity contribution is 5.75. The first kappa shape index (κ1) is 16.8. The zero-order valence-corrected chi connectivity index (χ0v) is 13.6. The van der Waals surface area contributed by atoms with E-state index in [-0.39, 0.29) is 13.2 Å². The number of anilines is 1. The molecule has 0 aliphatic heterocycles. The lowest BCUT2D eigenvalue weighted by molar-refractivity contribution is 0.180. The lowest BCUT2D eigenvalue weighted by Gasteiger charge is -2.14. The molecule has 23 heavy (non-hydrogen) atoms. The molecule has 0 amide bonds. The maximum atomic E-state index is 9.10. The Morgan fingerprint density at radius 2 is 2.26 bits per heavy atom. The molecule has 5 nitrogen and oxygen atoms in total. The molecule has 1 aromatic heterocycles. The van der Waals surface area contributed by atoms with Gasteiger partial charge in [0.2, 0.25) is 0 Å². The van der Waals surface area contributed by atoms with Crippen LogP contribution in [0.15, 0.2) is 49.1 Å². The molecule has 0 bridgehead atoms. The first-order chi connectivity index (χ1) is 11.2. The summed E-state index contributed by atoms with van der Waals surface area (Å²) < 4.78 is 7.69. The predicted octanol–water partition coefficient (Wildman–Crippen LogP) is 3.07. The second kappa shape index (κ2) is 8.19. The van der Waals surface area contributed by atoms with Crippen molar-refractivity contribution in [1.82, 2.24) is 9.55 Å². The third-order valence-electron chi connectivity index (χ3n) is 3.37. The monoisotopic (exact) mass is 313 g/mol. The van der Waals surface area contributed by atoms with Gasteiger partial charge in [-0.2, -0.15) is 0 Å². The number of imidazole rings is 1.